The standard InChI is InChI=1S/C14H19Cl2N3O/c1-19(10-5-6-10)8-7-17-9-13(20)18-14-11(15)3-2-4-12(14)16/h2-4,10,17H,5-9H2,1H3,(H,18,20). The van der Waals surface area contributed by atoms with Crippen LogP contribution in [0, 0.1) is 0 Å². The van der Waals surface area contributed by atoms with Gasteiger partial charge in [0.15, 0.2) is 0 Å². The molecule has 1 aromatic carbocycles. The van der Waals surface area contributed by atoms with E-state index in [4.69, 9.17) is 23.2 Å². The molecule has 0 saturated heterocycles. The van der Waals surface area contributed by atoms with Gasteiger partial charge in [0.2, 0.25) is 5.91 Å². The highest BCUT2D eigenvalue weighted by molar-refractivity contribution is 6.39. The molecular formula is C14H19Cl2N3O. The maximum atomic E-state index is 11.8. The van der Waals surface area contributed by atoms with Crippen molar-refractivity contribution in [3.63, 3.8) is 0 Å². The second-order valence-corrected chi connectivity index (χ2v) is 5.85. The van der Waals surface area contributed by atoms with Crippen LogP contribution < -0.4 is 10.6 Å². The number of para-hydroxylation sites is 1. The van der Waals surface area contributed by atoms with E-state index >= 15 is 0 Å². The molecule has 0 atom stereocenters. The second kappa shape index (κ2) is 7.27. The quantitative estimate of drug-likeness (QED) is 0.760. The van der Waals surface area contributed by atoms with Gasteiger partial charge < -0.3 is 15.5 Å². The van der Waals surface area contributed by atoms with Crippen LogP contribution in [0.15, 0.2) is 18.2 Å². The first-order valence-electron chi connectivity index (χ1n) is 6.72. The van der Waals surface area contributed by atoms with E-state index in [1.165, 1.54) is 12.8 Å². The predicted octanol–water partition coefficient (Wildman–Crippen LogP) is 2.62. The second-order valence-electron chi connectivity index (χ2n) is 5.03. The third-order valence-corrected chi connectivity index (χ3v) is 3.95. The zero-order chi connectivity index (χ0) is 14.5. The number of likely N-dealkylation sites (N-methyl/N-ethyl adjacent to an activating group) is 1. The Bertz CT molecular complexity index is 457. The molecule has 1 saturated carbocycles. The van der Waals surface area contributed by atoms with E-state index in [-0.39, 0.29) is 12.5 Å². The van der Waals surface area contributed by atoms with Crippen LogP contribution in [0.1, 0.15) is 12.8 Å². The topological polar surface area (TPSA) is 44.4 Å². The van der Waals surface area contributed by atoms with Gasteiger partial charge in [-0.3, -0.25) is 4.79 Å². The Kier molecular flexibility index (Phi) is 5.66. The van der Waals surface area contributed by atoms with Crippen molar-refractivity contribution in [3.05, 3.63) is 28.2 Å². The maximum absolute atomic E-state index is 11.8. The van der Waals surface area contributed by atoms with E-state index in [1.54, 1.807) is 18.2 Å². The molecular weight excluding hydrogens is 297 g/mol. The molecule has 0 bridgehead atoms. The number of hydrogen-bond donors (Lipinski definition) is 2. The highest BCUT2D eigenvalue weighted by atomic mass is 35.5. The van der Waals surface area contributed by atoms with Crippen LogP contribution in [0.5, 0.6) is 0 Å². The Morgan fingerprint density at radius 3 is 2.60 bits per heavy atom. The summed E-state index contributed by atoms with van der Waals surface area (Å²) in [5, 5.41) is 6.73. The largest absolute Gasteiger partial charge is 0.322 e. The lowest BCUT2D eigenvalue weighted by Gasteiger charge is -2.15. The molecule has 1 amide bonds. The fourth-order valence-corrected chi connectivity index (χ4v) is 2.45. The van der Waals surface area contributed by atoms with E-state index in [2.05, 4.69) is 22.6 Å². The van der Waals surface area contributed by atoms with Gasteiger partial charge in [0, 0.05) is 19.1 Å². The number of amides is 1. The SMILES string of the molecule is CN(CCNCC(=O)Nc1c(Cl)cccc1Cl)C1CC1. The minimum absolute atomic E-state index is 0.144. The van der Waals surface area contributed by atoms with Crippen molar-refractivity contribution in [1.82, 2.24) is 10.2 Å². The summed E-state index contributed by atoms with van der Waals surface area (Å²) in [5.74, 6) is -0.144. The molecule has 20 heavy (non-hydrogen) atoms. The van der Waals surface area contributed by atoms with Gasteiger partial charge in [0.1, 0.15) is 0 Å². The van der Waals surface area contributed by atoms with Crippen molar-refractivity contribution in [2.75, 3.05) is 32.0 Å². The van der Waals surface area contributed by atoms with E-state index in [0.29, 0.717) is 15.7 Å². The van der Waals surface area contributed by atoms with Gasteiger partial charge in [0.25, 0.3) is 0 Å². The molecule has 110 valence electrons. The molecule has 0 aromatic heterocycles. The van der Waals surface area contributed by atoms with E-state index in [0.717, 1.165) is 19.1 Å². The van der Waals surface area contributed by atoms with Gasteiger partial charge in [-0.25, -0.2) is 0 Å². The van der Waals surface area contributed by atoms with E-state index < -0.39 is 0 Å². The van der Waals surface area contributed by atoms with Crippen LogP contribution >= 0.6 is 23.2 Å². The summed E-state index contributed by atoms with van der Waals surface area (Å²) in [7, 11) is 2.11. The molecule has 0 heterocycles. The average molecular weight is 316 g/mol. The van der Waals surface area contributed by atoms with Crippen LogP contribution in [0.25, 0.3) is 0 Å². The molecule has 0 spiro atoms. The van der Waals surface area contributed by atoms with Crippen molar-refractivity contribution in [1.29, 1.82) is 0 Å². The first kappa shape index (κ1) is 15.6. The predicted molar refractivity (Wildman–Crippen MR) is 83.6 cm³/mol. The molecule has 1 aliphatic rings. The molecule has 6 heteroatoms. The minimum Gasteiger partial charge on any atom is -0.322 e. The molecule has 2 rings (SSSR count). The Morgan fingerprint density at radius 1 is 1.35 bits per heavy atom. The molecule has 4 nitrogen and oxygen atoms in total. The van der Waals surface area contributed by atoms with Gasteiger partial charge in [-0.05, 0) is 32.0 Å². The van der Waals surface area contributed by atoms with Crippen LogP contribution in [0.3, 0.4) is 0 Å². The van der Waals surface area contributed by atoms with Crippen molar-refractivity contribution in [2.45, 2.75) is 18.9 Å². The molecule has 0 radical (unpaired) electrons. The van der Waals surface area contributed by atoms with Crippen LogP contribution in [-0.4, -0.2) is 43.5 Å². The van der Waals surface area contributed by atoms with Crippen molar-refractivity contribution < 1.29 is 4.79 Å². The van der Waals surface area contributed by atoms with Gasteiger partial charge in [-0.15, -0.1) is 0 Å². The number of carbonyl (C=O) groups is 1. The lowest BCUT2D eigenvalue weighted by Crippen LogP contribution is -2.35. The fourth-order valence-electron chi connectivity index (χ4n) is 1.96. The Hall–Kier alpha value is -0.810. The maximum Gasteiger partial charge on any atom is 0.238 e. The molecule has 0 aliphatic heterocycles. The fraction of sp³-hybridized carbons (Fsp3) is 0.500. The summed E-state index contributed by atoms with van der Waals surface area (Å²) in [4.78, 5) is 14.1. The lowest BCUT2D eigenvalue weighted by molar-refractivity contribution is -0.115. The third kappa shape index (κ3) is 4.63. The molecule has 1 aliphatic carbocycles. The normalized spacial score (nSPS) is 14.6. The minimum atomic E-state index is -0.144. The first-order valence-corrected chi connectivity index (χ1v) is 7.48. The third-order valence-electron chi connectivity index (χ3n) is 3.32. The van der Waals surface area contributed by atoms with E-state index in [9.17, 15) is 4.79 Å². The highest BCUT2D eigenvalue weighted by Gasteiger charge is 2.25. The highest BCUT2D eigenvalue weighted by Crippen LogP contribution is 2.29. The van der Waals surface area contributed by atoms with Crippen LogP contribution in [0.4, 0.5) is 5.69 Å². The molecule has 2 N–H and O–H groups in total. The summed E-state index contributed by atoms with van der Waals surface area (Å²) in [6.07, 6.45) is 2.59. The summed E-state index contributed by atoms with van der Waals surface area (Å²) in [6, 6.07) is 5.88. The Morgan fingerprint density at radius 2 is 2.00 bits per heavy atom. The summed E-state index contributed by atoms with van der Waals surface area (Å²) in [5.41, 5.74) is 0.470. The number of nitrogens with one attached hydrogen (secondary N) is 2. The average Bonchev–Trinajstić information content (AvgIpc) is 3.23. The Balaban J connectivity index is 1.69. The smallest absolute Gasteiger partial charge is 0.238 e. The summed E-state index contributed by atoms with van der Waals surface area (Å²) >= 11 is 12.0. The number of benzene rings is 1. The number of anilines is 1. The zero-order valence-electron chi connectivity index (χ0n) is 11.5. The van der Waals surface area contributed by atoms with Crippen molar-refractivity contribution in [3.8, 4) is 0 Å². The van der Waals surface area contributed by atoms with Gasteiger partial charge in [-0.1, -0.05) is 29.3 Å². The zero-order valence-corrected chi connectivity index (χ0v) is 13.0. The number of carbonyl (C=O) groups excluding carboxylic acids is 1. The van der Waals surface area contributed by atoms with Crippen LogP contribution in [0.2, 0.25) is 10.0 Å². The van der Waals surface area contributed by atoms with Gasteiger partial charge >= 0.3 is 0 Å². The summed E-state index contributed by atoms with van der Waals surface area (Å²) < 4.78 is 0. The Labute approximate surface area is 129 Å². The monoisotopic (exact) mass is 315 g/mol. The number of nitrogens with zero attached hydrogens (tertiary/aromatic N) is 1. The number of hydrogen-bond acceptors (Lipinski definition) is 3. The van der Waals surface area contributed by atoms with Gasteiger partial charge in [-0.2, -0.15) is 0 Å². The van der Waals surface area contributed by atoms with Gasteiger partial charge in [0.05, 0.1) is 22.3 Å². The molecule has 1 fully saturated rings. The molecule has 1 aromatic rings. The summed E-state index contributed by atoms with van der Waals surface area (Å²) in [6.45, 7) is 1.99. The van der Waals surface area contributed by atoms with Crippen molar-refractivity contribution in [2.24, 2.45) is 0 Å². The lowest BCUT2D eigenvalue weighted by atomic mass is 10.3. The number of halogens is 2. The molecule has 0 unspecified atom stereocenters. The van der Waals surface area contributed by atoms with Crippen molar-refractivity contribution >= 4 is 34.8 Å². The van der Waals surface area contributed by atoms with Crippen LogP contribution in [-0.2, 0) is 4.79 Å². The van der Waals surface area contributed by atoms with E-state index in [1.807, 2.05) is 0 Å². The first-order chi connectivity index (χ1) is 9.58. The number of rotatable bonds is 7.